The number of hydrogen-bond acceptors (Lipinski definition) is 6. The molecule has 102 valence electrons. The van der Waals surface area contributed by atoms with Crippen LogP contribution in [-0.2, 0) is 6.42 Å². The lowest BCUT2D eigenvalue weighted by Gasteiger charge is -1.95. The highest BCUT2D eigenvalue weighted by molar-refractivity contribution is 8.02. The van der Waals surface area contributed by atoms with E-state index in [0.717, 1.165) is 36.4 Å². The van der Waals surface area contributed by atoms with Gasteiger partial charge in [-0.3, -0.25) is 0 Å². The molecule has 7 heteroatoms. The summed E-state index contributed by atoms with van der Waals surface area (Å²) in [6.07, 6.45) is 0.923. The fourth-order valence-corrected chi connectivity index (χ4v) is 4.54. The van der Waals surface area contributed by atoms with Gasteiger partial charge in [-0.25, -0.2) is 4.98 Å². The fraction of sp³-hybridized carbons (Fsp3) is 0.154. The van der Waals surface area contributed by atoms with Crippen molar-refractivity contribution in [1.82, 2.24) is 15.2 Å². The van der Waals surface area contributed by atoms with Crippen molar-refractivity contribution >= 4 is 46.0 Å². The first kappa shape index (κ1) is 14.0. The Morgan fingerprint density at radius 2 is 1.95 bits per heavy atom. The van der Waals surface area contributed by atoms with Crippen molar-refractivity contribution in [2.75, 3.05) is 0 Å². The summed E-state index contributed by atoms with van der Waals surface area (Å²) in [6.45, 7) is 2.08. The molecule has 0 bridgehead atoms. The predicted molar refractivity (Wildman–Crippen MR) is 86.0 cm³/mol. The molecule has 0 radical (unpaired) electrons. The molecule has 0 N–H and O–H groups in total. The van der Waals surface area contributed by atoms with Crippen LogP contribution < -0.4 is 0 Å². The van der Waals surface area contributed by atoms with Gasteiger partial charge in [-0.1, -0.05) is 42.0 Å². The number of nitrogens with zero attached hydrogens (tertiary/aromatic N) is 3. The molecule has 0 amide bonds. The first-order chi connectivity index (χ1) is 9.74. The van der Waals surface area contributed by atoms with Gasteiger partial charge in [-0.15, -0.1) is 21.5 Å². The van der Waals surface area contributed by atoms with Crippen LogP contribution in [0.15, 0.2) is 38.3 Å². The minimum atomic E-state index is 0.736. The van der Waals surface area contributed by atoms with E-state index in [1.807, 2.05) is 29.6 Å². The summed E-state index contributed by atoms with van der Waals surface area (Å²) in [5.41, 5.74) is 2.04. The Labute approximate surface area is 134 Å². The van der Waals surface area contributed by atoms with Gasteiger partial charge in [0.1, 0.15) is 5.01 Å². The van der Waals surface area contributed by atoms with Crippen molar-refractivity contribution < 1.29 is 0 Å². The maximum absolute atomic E-state index is 5.89. The standard InChI is InChI=1S/C13H10ClN3S3/c1-2-11-16-17-13(19-11)20-12-15-10(7-18-12)8-3-5-9(14)6-4-8/h3-7H,2H2,1H3. The molecule has 0 aliphatic rings. The lowest BCUT2D eigenvalue weighted by Crippen LogP contribution is -1.78. The molecule has 0 fully saturated rings. The van der Waals surface area contributed by atoms with Gasteiger partial charge in [0.05, 0.1) is 5.69 Å². The molecule has 0 aliphatic carbocycles. The quantitative estimate of drug-likeness (QED) is 0.668. The van der Waals surface area contributed by atoms with E-state index >= 15 is 0 Å². The Morgan fingerprint density at radius 3 is 2.65 bits per heavy atom. The largest absolute Gasteiger partial charge is 0.229 e. The molecule has 2 heterocycles. The van der Waals surface area contributed by atoms with Crippen molar-refractivity contribution in [3.63, 3.8) is 0 Å². The Balaban J connectivity index is 1.78. The summed E-state index contributed by atoms with van der Waals surface area (Å²) in [6, 6.07) is 7.71. The zero-order valence-electron chi connectivity index (χ0n) is 10.5. The maximum atomic E-state index is 5.89. The minimum absolute atomic E-state index is 0.736. The van der Waals surface area contributed by atoms with Crippen LogP contribution in [0.5, 0.6) is 0 Å². The Hall–Kier alpha value is -0.950. The molecule has 2 aromatic heterocycles. The molecule has 0 atom stereocenters. The van der Waals surface area contributed by atoms with Crippen molar-refractivity contribution in [2.24, 2.45) is 0 Å². The number of aromatic nitrogens is 3. The lowest BCUT2D eigenvalue weighted by molar-refractivity contribution is 0.943. The molecular weight excluding hydrogens is 330 g/mol. The van der Waals surface area contributed by atoms with E-state index in [9.17, 15) is 0 Å². The van der Waals surface area contributed by atoms with Crippen LogP contribution in [0.4, 0.5) is 0 Å². The molecule has 3 rings (SSSR count). The van der Waals surface area contributed by atoms with Crippen LogP contribution in [0.3, 0.4) is 0 Å². The van der Waals surface area contributed by atoms with Crippen LogP contribution >= 0.6 is 46.0 Å². The summed E-state index contributed by atoms with van der Waals surface area (Å²) in [5, 5.41) is 12.1. The molecule has 3 nitrogen and oxygen atoms in total. The second-order valence-electron chi connectivity index (χ2n) is 3.92. The smallest absolute Gasteiger partial charge is 0.181 e. The molecule has 0 aliphatic heterocycles. The monoisotopic (exact) mass is 339 g/mol. The minimum Gasteiger partial charge on any atom is -0.229 e. The number of halogens is 1. The summed E-state index contributed by atoms with van der Waals surface area (Å²) >= 11 is 10.7. The first-order valence-electron chi connectivity index (χ1n) is 5.96. The molecule has 1 aromatic carbocycles. The molecule has 0 saturated heterocycles. The highest BCUT2D eigenvalue weighted by Gasteiger charge is 2.09. The van der Waals surface area contributed by atoms with Gasteiger partial charge in [0.15, 0.2) is 8.68 Å². The van der Waals surface area contributed by atoms with Crippen molar-refractivity contribution in [2.45, 2.75) is 22.0 Å². The number of benzene rings is 1. The van der Waals surface area contributed by atoms with Gasteiger partial charge in [-0.05, 0) is 30.3 Å². The lowest BCUT2D eigenvalue weighted by atomic mass is 10.2. The van der Waals surface area contributed by atoms with Crippen LogP contribution in [0.25, 0.3) is 11.3 Å². The third kappa shape index (κ3) is 3.20. The van der Waals surface area contributed by atoms with Crippen LogP contribution in [0.2, 0.25) is 5.02 Å². The van der Waals surface area contributed by atoms with E-state index in [1.165, 1.54) is 0 Å². The fourth-order valence-electron chi connectivity index (χ4n) is 1.55. The third-order valence-electron chi connectivity index (χ3n) is 2.55. The van der Waals surface area contributed by atoms with Gasteiger partial charge in [0.25, 0.3) is 0 Å². The highest BCUT2D eigenvalue weighted by Crippen LogP contribution is 2.34. The molecular formula is C13H10ClN3S3. The van der Waals surface area contributed by atoms with Crippen LogP contribution in [-0.4, -0.2) is 15.2 Å². The van der Waals surface area contributed by atoms with Crippen LogP contribution in [0, 0.1) is 0 Å². The topological polar surface area (TPSA) is 38.7 Å². The Kier molecular flexibility index (Phi) is 4.35. The van der Waals surface area contributed by atoms with Gasteiger partial charge in [-0.2, -0.15) is 0 Å². The summed E-state index contributed by atoms with van der Waals surface area (Å²) in [4.78, 5) is 4.62. The van der Waals surface area contributed by atoms with Gasteiger partial charge >= 0.3 is 0 Å². The number of aryl methyl sites for hydroxylation is 1. The van der Waals surface area contributed by atoms with Crippen molar-refractivity contribution in [3.05, 3.63) is 39.7 Å². The van der Waals surface area contributed by atoms with Crippen LogP contribution in [0.1, 0.15) is 11.9 Å². The number of rotatable bonds is 4. The number of thiazole rings is 1. The second-order valence-corrected chi connectivity index (χ2v) is 7.77. The Morgan fingerprint density at radius 1 is 1.15 bits per heavy atom. The zero-order valence-corrected chi connectivity index (χ0v) is 13.7. The normalized spacial score (nSPS) is 10.9. The van der Waals surface area contributed by atoms with Crippen molar-refractivity contribution in [3.8, 4) is 11.3 Å². The summed E-state index contributed by atoms with van der Waals surface area (Å²) in [5.74, 6) is 0. The van der Waals surface area contributed by atoms with E-state index < -0.39 is 0 Å². The Bertz CT molecular complexity index is 706. The molecule has 0 spiro atoms. The van der Waals surface area contributed by atoms with Gasteiger partial charge in [0.2, 0.25) is 0 Å². The first-order valence-corrected chi connectivity index (χ1v) is 8.85. The molecule has 0 saturated carbocycles. The molecule has 20 heavy (non-hydrogen) atoms. The third-order valence-corrected chi connectivity index (χ3v) is 5.86. The second kappa shape index (κ2) is 6.22. The van der Waals surface area contributed by atoms with E-state index in [2.05, 4.69) is 22.1 Å². The highest BCUT2D eigenvalue weighted by atomic mass is 35.5. The average Bonchev–Trinajstić information content (AvgIpc) is 3.09. The SMILES string of the molecule is CCc1nnc(Sc2nc(-c3ccc(Cl)cc3)cs2)s1. The summed E-state index contributed by atoms with van der Waals surface area (Å²) < 4.78 is 1.92. The van der Waals surface area contributed by atoms with Gasteiger partial charge < -0.3 is 0 Å². The average molecular weight is 340 g/mol. The van der Waals surface area contributed by atoms with E-state index in [4.69, 9.17) is 11.6 Å². The maximum Gasteiger partial charge on any atom is 0.181 e. The molecule has 0 unspecified atom stereocenters. The summed E-state index contributed by atoms with van der Waals surface area (Å²) in [7, 11) is 0. The van der Waals surface area contributed by atoms with E-state index in [-0.39, 0.29) is 0 Å². The van der Waals surface area contributed by atoms with E-state index in [0.29, 0.717) is 0 Å². The molecule has 3 aromatic rings. The van der Waals surface area contributed by atoms with Gasteiger partial charge in [0, 0.05) is 16.0 Å². The number of hydrogen-bond donors (Lipinski definition) is 0. The van der Waals surface area contributed by atoms with Crippen molar-refractivity contribution in [1.29, 1.82) is 0 Å². The van der Waals surface area contributed by atoms with E-state index in [1.54, 1.807) is 34.4 Å². The predicted octanol–water partition coefficient (Wildman–Crippen LogP) is 5.03. The zero-order chi connectivity index (χ0) is 13.9.